The van der Waals surface area contributed by atoms with Crippen LogP contribution in [0.4, 0.5) is 0 Å². The first-order valence-corrected chi connectivity index (χ1v) is 5.44. The lowest BCUT2D eigenvalue weighted by molar-refractivity contribution is 0.959. The maximum atomic E-state index is 4.08. The van der Waals surface area contributed by atoms with Crippen molar-refractivity contribution in [3.8, 4) is 11.1 Å². The number of nitrogens with one attached hydrogen (secondary N) is 2. The summed E-state index contributed by atoms with van der Waals surface area (Å²) in [7, 11) is 0. The zero-order chi connectivity index (χ0) is 11.9. The lowest BCUT2D eigenvalue weighted by Gasteiger charge is -2.01. The van der Waals surface area contributed by atoms with Gasteiger partial charge in [-0.3, -0.25) is 10.2 Å². The first kappa shape index (κ1) is 9.29. The molecule has 0 aliphatic heterocycles. The van der Waals surface area contributed by atoms with Crippen LogP contribution >= 0.6 is 0 Å². The van der Waals surface area contributed by atoms with E-state index >= 15 is 0 Å². The smallest absolute Gasteiger partial charge is 0.121 e. The van der Waals surface area contributed by atoms with Crippen molar-refractivity contribution < 1.29 is 0 Å². The molecule has 0 aliphatic carbocycles. The van der Waals surface area contributed by atoms with Gasteiger partial charge in [0.05, 0.1) is 11.0 Å². The number of aromatic nitrogens is 6. The summed E-state index contributed by atoms with van der Waals surface area (Å²) in [4.78, 5) is 0. The van der Waals surface area contributed by atoms with Crippen molar-refractivity contribution in [1.82, 2.24) is 30.8 Å². The topological polar surface area (TPSA) is 83.1 Å². The first-order valence-electron chi connectivity index (χ1n) is 5.44. The third kappa shape index (κ3) is 1.22. The third-order valence-corrected chi connectivity index (χ3v) is 2.90. The molecule has 2 heterocycles. The quantitative estimate of drug-likeness (QED) is 0.526. The Morgan fingerprint density at radius 3 is 2.83 bits per heavy atom. The molecule has 0 saturated heterocycles. The molecule has 2 aromatic carbocycles. The minimum absolute atomic E-state index is 0.806. The minimum Gasteiger partial charge on any atom is -0.258 e. The van der Waals surface area contributed by atoms with E-state index in [0.717, 1.165) is 33.2 Å². The summed E-state index contributed by atoms with van der Waals surface area (Å²) in [6.07, 6.45) is 0. The first-order chi connectivity index (χ1) is 8.92. The van der Waals surface area contributed by atoms with Crippen LogP contribution in [-0.4, -0.2) is 30.8 Å². The van der Waals surface area contributed by atoms with Gasteiger partial charge in [0, 0.05) is 5.56 Å². The number of H-pyrrole nitrogens is 2. The molecule has 6 heteroatoms. The predicted octanol–water partition coefficient (Wildman–Crippen LogP) is 1.70. The Morgan fingerprint density at radius 1 is 0.944 bits per heavy atom. The highest BCUT2D eigenvalue weighted by Gasteiger charge is 2.08. The fourth-order valence-electron chi connectivity index (χ4n) is 2.03. The molecule has 1 radical (unpaired) electrons. The number of hydrogen-bond acceptors (Lipinski definition) is 4. The van der Waals surface area contributed by atoms with Crippen LogP contribution in [0, 0.1) is 6.07 Å². The highest BCUT2D eigenvalue weighted by atomic mass is 15.3. The number of rotatable bonds is 1. The van der Waals surface area contributed by atoms with Crippen LogP contribution in [0.5, 0.6) is 0 Å². The van der Waals surface area contributed by atoms with E-state index in [1.807, 2.05) is 30.3 Å². The predicted molar refractivity (Wildman–Crippen MR) is 65.6 cm³/mol. The van der Waals surface area contributed by atoms with E-state index in [-0.39, 0.29) is 0 Å². The van der Waals surface area contributed by atoms with Crippen LogP contribution in [-0.2, 0) is 0 Å². The van der Waals surface area contributed by atoms with E-state index < -0.39 is 0 Å². The monoisotopic (exact) mass is 235 g/mol. The molecule has 0 bridgehead atoms. The normalized spacial score (nSPS) is 11.3. The summed E-state index contributed by atoms with van der Waals surface area (Å²) in [6.45, 7) is 0. The molecule has 18 heavy (non-hydrogen) atoms. The van der Waals surface area contributed by atoms with Gasteiger partial charge in [-0.15, -0.1) is 10.2 Å². The van der Waals surface area contributed by atoms with Gasteiger partial charge in [-0.05, 0) is 29.8 Å². The summed E-state index contributed by atoms with van der Waals surface area (Å²) in [6, 6.07) is 12.8. The molecule has 0 aliphatic rings. The van der Waals surface area contributed by atoms with E-state index in [1.165, 1.54) is 0 Å². The Kier molecular flexibility index (Phi) is 1.74. The van der Waals surface area contributed by atoms with E-state index in [9.17, 15) is 0 Å². The molecule has 0 unspecified atom stereocenters. The molecule has 0 fully saturated rings. The molecule has 2 aromatic heterocycles. The fraction of sp³-hybridized carbons (Fsp3) is 0. The summed E-state index contributed by atoms with van der Waals surface area (Å²) in [5, 5.41) is 21.3. The maximum Gasteiger partial charge on any atom is 0.121 e. The van der Waals surface area contributed by atoms with E-state index in [4.69, 9.17) is 0 Å². The molecule has 0 amide bonds. The van der Waals surface area contributed by atoms with Gasteiger partial charge in [-0.25, -0.2) is 0 Å². The molecular formula is C12H7N6. The zero-order valence-corrected chi connectivity index (χ0v) is 9.18. The summed E-state index contributed by atoms with van der Waals surface area (Å²) >= 11 is 0. The molecular weight excluding hydrogens is 228 g/mol. The Bertz CT molecular complexity index is 844. The van der Waals surface area contributed by atoms with Gasteiger partial charge >= 0.3 is 0 Å². The number of hydrogen-bond donors (Lipinski definition) is 2. The molecule has 0 saturated carbocycles. The summed E-state index contributed by atoms with van der Waals surface area (Å²) < 4.78 is 0. The van der Waals surface area contributed by atoms with Gasteiger partial charge in [0.25, 0.3) is 0 Å². The average Bonchev–Trinajstić information content (AvgIpc) is 3.05. The maximum absolute atomic E-state index is 4.08. The Morgan fingerprint density at radius 2 is 1.83 bits per heavy atom. The SMILES string of the molecule is [c]1ccc2[nH]nnc2c1-c1ccc2[nH]nnc2c1. The molecule has 4 rings (SSSR count). The lowest BCUT2D eigenvalue weighted by Crippen LogP contribution is -1.82. The van der Waals surface area contributed by atoms with Crippen LogP contribution in [0.15, 0.2) is 30.3 Å². The number of fused-ring (bicyclic) bond motifs is 2. The fourth-order valence-corrected chi connectivity index (χ4v) is 2.03. The van der Waals surface area contributed by atoms with Gasteiger partial charge in [0.15, 0.2) is 0 Å². The molecule has 0 atom stereocenters. The second kappa shape index (κ2) is 3.36. The van der Waals surface area contributed by atoms with E-state index in [1.54, 1.807) is 0 Å². The minimum atomic E-state index is 0.806. The van der Waals surface area contributed by atoms with Gasteiger partial charge < -0.3 is 0 Å². The van der Waals surface area contributed by atoms with Crippen molar-refractivity contribution in [1.29, 1.82) is 0 Å². The van der Waals surface area contributed by atoms with Crippen molar-refractivity contribution in [3.63, 3.8) is 0 Å². The zero-order valence-electron chi connectivity index (χ0n) is 9.18. The second-order valence-electron chi connectivity index (χ2n) is 3.97. The molecule has 85 valence electrons. The standard InChI is InChI=1S/C12H7N6/c1-2-8(12-10(3-1)14-18-16-12)7-4-5-9-11(6-7)15-17-13-9/h1,3-6H,(H,13,15,17)(H,14,16,18). The van der Waals surface area contributed by atoms with Crippen molar-refractivity contribution in [2.45, 2.75) is 0 Å². The van der Waals surface area contributed by atoms with Crippen LogP contribution < -0.4 is 0 Å². The number of benzene rings is 2. The molecule has 6 nitrogen and oxygen atoms in total. The largest absolute Gasteiger partial charge is 0.258 e. The highest BCUT2D eigenvalue weighted by Crippen LogP contribution is 2.27. The van der Waals surface area contributed by atoms with E-state index in [0.29, 0.717) is 0 Å². The van der Waals surface area contributed by atoms with Gasteiger partial charge in [-0.2, -0.15) is 0 Å². The van der Waals surface area contributed by atoms with Crippen LogP contribution in [0.25, 0.3) is 33.2 Å². The molecule has 2 N–H and O–H groups in total. The molecule has 4 aromatic rings. The van der Waals surface area contributed by atoms with E-state index in [2.05, 4.69) is 36.9 Å². The van der Waals surface area contributed by atoms with Gasteiger partial charge in [0.2, 0.25) is 0 Å². The van der Waals surface area contributed by atoms with Gasteiger partial charge in [0.1, 0.15) is 11.0 Å². The van der Waals surface area contributed by atoms with Crippen LogP contribution in [0.3, 0.4) is 0 Å². The number of aromatic amines is 2. The van der Waals surface area contributed by atoms with Crippen LogP contribution in [0.2, 0.25) is 0 Å². The Labute approximate surface area is 101 Å². The molecule has 0 spiro atoms. The highest BCUT2D eigenvalue weighted by molar-refractivity contribution is 5.93. The lowest BCUT2D eigenvalue weighted by atomic mass is 10.0. The van der Waals surface area contributed by atoms with Gasteiger partial charge in [-0.1, -0.05) is 22.6 Å². The summed E-state index contributed by atoms with van der Waals surface area (Å²) in [5.41, 5.74) is 5.33. The van der Waals surface area contributed by atoms with Crippen molar-refractivity contribution in [2.75, 3.05) is 0 Å². The Hall–Kier alpha value is -2.76. The Balaban J connectivity index is 2.03. The average molecular weight is 235 g/mol. The van der Waals surface area contributed by atoms with Crippen molar-refractivity contribution >= 4 is 22.1 Å². The van der Waals surface area contributed by atoms with Crippen molar-refractivity contribution in [2.24, 2.45) is 0 Å². The number of nitrogens with zero attached hydrogens (tertiary/aromatic N) is 4. The summed E-state index contributed by atoms with van der Waals surface area (Å²) in [5.74, 6) is 0. The second-order valence-corrected chi connectivity index (χ2v) is 3.97. The van der Waals surface area contributed by atoms with Crippen molar-refractivity contribution in [3.05, 3.63) is 36.4 Å². The third-order valence-electron chi connectivity index (χ3n) is 2.90. The van der Waals surface area contributed by atoms with Crippen LogP contribution in [0.1, 0.15) is 0 Å².